The summed E-state index contributed by atoms with van der Waals surface area (Å²) in [6, 6.07) is 5.16. The van der Waals surface area contributed by atoms with Gasteiger partial charge in [0.15, 0.2) is 0 Å². The fourth-order valence-electron chi connectivity index (χ4n) is 1.56. The van der Waals surface area contributed by atoms with Crippen molar-refractivity contribution in [1.82, 2.24) is 5.32 Å². The van der Waals surface area contributed by atoms with E-state index in [0.717, 1.165) is 5.56 Å². The highest BCUT2D eigenvalue weighted by Gasteiger charge is 2.06. The molecule has 1 amide bonds. The Balaban J connectivity index is 0.00000400. The van der Waals surface area contributed by atoms with Gasteiger partial charge in [-0.15, -0.1) is 12.4 Å². The first-order valence-corrected chi connectivity index (χ1v) is 8.21. The van der Waals surface area contributed by atoms with Crippen molar-refractivity contribution in [2.45, 2.75) is 5.75 Å². The molecule has 0 aliphatic carbocycles. The molecule has 0 saturated heterocycles. The van der Waals surface area contributed by atoms with Crippen LogP contribution in [0.3, 0.4) is 0 Å². The lowest BCUT2D eigenvalue weighted by molar-refractivity contribution is -0.115. The maximum Gasteiger partial charge on any atom is 0.238 e. The average molecular weight is 355 g/mol. The van der Waals surface area contributed by atoms with Crippen LogP contribution in [-0.2, 0) is 26.1 Å². The summed E-state index contributed by atoms with van der Waals surface area (Å²) in [7, 11) is 0.627. The van der Waals surface area contributed by atoms with Gasteiger partial charge in [-0.1, -0.05) is 11.6 Å². The molecule has 1 unspecified atom stereocenters. The van der Waals surface area contributed by atoms with Crippen molar-refractivity contribution in [3.63, 3.8) is 0 Å². The van der Waals surface area contributed by atoms with Crippen LogP contribution < -0.4 is 10.6 Å². The molecule has 1 aromatic carbocycles. The molecule has 0 saturated carbocycles. The molecular formula is C13H20Cl2N2O3S. The molecule has 21 heavy (non-hydrogen) atoms. The highest BCUT2D eigenvalue weighted by molar-refractivity contribution is 7.83. The molecule has 0 spiro atoms. The van der Waals surface area contributed by atoms with E-state index in [-0.39, 0.29) is 24.9 Å². The zero-order chi connectivity index (χ0) is 15.0. The second-order valence-electron chi connectivity index (χ2n) is 4.24. The Hall–Kier alpha value is -0.660. The van der Waals surface area contributed by atoms with Gasteiger partial charge in [-0.25, -0.2) is 0 Å². The number of methoxy groups -OCH3 is 1. The van der Waals surface area contributed by atoms with Crippen LogP contribution in [-0.4, -0.2) is 43.2 Å². The van der Waals surface area contributed by atoms with E-state index in [9.17, 15) is 9.00 Å². The van der Waals surface area contributed by atoms with Crippen molar-refractivity contribution in [1.29, 1.82) is 0 Å². The summed E-state index contributed by atoms with van der Waals surface area (Å²) in [4.78, 5) is 11.7. The number of halogens is 2. The Morgan fingerprint density at radius 3 is 2.76 bits per heavy atom. The second-order valence-corrected chi connectivity index (χ2v) is 6.08. The molecule has 0 radical (unpaired) electrons. The fourth-order valence-corrected chi connectivity index (χ4v) is 2.50. The van der Waals surface area contributed by atoms with E-state index >= 15 is 0 Å². The minimum Gasteiger partial charge on any atom is -0.383 e. The minimum atomic E-state index is -0.978. The van der Waals surface area contributed by atoms with Gasteiger partial charge in [0.25, 0.3) is 0 Å². The van der Waals surface area contributed by atoms with Crippen molar-refractivity contribution in [3.05, 3.63) is 28.8 Å². The van der Waals surface area contributed by atoms with Crippen molar-refractivity contribution >= 4 is 46.4 Å². The number of benzene rings is 1. The fraction of sp³-hybridized carbons (Fsp3) is 0.462. The molecule has 5 nitrogen and oxygen atoms in total. The normalized spacial score (nSPS) is 11.6. The quantitative estimate of drug-likeness (QED) is 0.698. The van der Waals surface area contributed by atoms with Crippen molar-refractivity contribution < 1.29 is 13.7 Å². The Morgan fingerprint density at radius 2 is 2.14 bits per heavy atom. The lowest BCUT2D eigenvalue weighted by Gasteiger charge is -2.09. The molecule has 2 N–H and O–H groups in total. The topological polar surface area (TPSA) is 67.4 Å². The Morgan fingerprint density at radius 1 is 1.43 bits per heavy atom. The van der Waals surface area contributed by atoms with Gasteiger partial charge >= 0.3 is 0 Å². The van der Waals surface area contributed by atoms with Crippen LogP contribution in [0.4, 0.5) is 5.69 Å². The summed E-state index contributed by atoms with van der Waals surface area (Å²) < 4.78 is 16.1. The zero-order valence-electron chi connectivity index (χ0n) is 12.0. The third kappa shape index (κ3) is 8.38. The molecule has 0 heterocycles. The zero-order valence-corrected chi connectivity index (χ0v) is 14.4. The Labute approximate surface area is 138 Å². The Kier molecular flexibility index (Phi) is 10.6. The van der Waals surface area contributed by atoms with Gasteiger partial charge in [-0.05, 0) is 23.8 Å². The molecule has 0 bridgehead atoms. The van der Waals surface area contributed by atoms with Crippen LogP contribution in [0, 0.1) is 0 Å². The number of ether oxygens (including phenoxy) is 1. The lowest BCUT2D eigenvalue weighted by atomic mass is 10.2. The van der Waals surface area contributed by atoms with E-state index in [1.807, 2.05) is 0 Å². The third-order valence-corrected chi connectivity index (χ3v) is 3.54. The van der Waals surface area contributed by atoms with Crippen LogP contribution in [0.1, 0.15) is 5.56 Å². The standard InChI is InChI=1S/C13H19ClN2O3S.ClH/c1-19-6-5-15-8-13(17)16-11-3-4-12(14)10(7-11)9-20(2)18;/h3-4,7,15H,5-6,8-9H2,1-2H3,(H,16,17);1H. The molecule has 0 aliphatic heterocycles. The maximum atomic E-state index is 11.7. The van der Waals surface area contributed by atoms with Crippen molar-refractivity contribution in [2.75, 3.05) is 38.4 Å². The number of carbonyl (C=O) groups is 1. The van der Waals surface area contributed by atoms with E-state index < -0.39 is 10.8 Å². The minimum absolute atomic E-state index is 0. The predicted molar refractivity (Wildman–Crippen MR) is 89.8 cm³/mol. The number of hydrogen-bond acceptors (Lipinski definition) is 4. The van der Waals surface area contributed by atoms with E-state index in [1.54, 1.807) is 31.6 Å². The number of hydrogen-bond donors (Lipinski definition) is 2. The number of amides is 1. The molecule has 120 valence electrons. The summed E-state index contributed by atoms with van der Waals surface area (Å²) in [6.07, 6.45) is 1.61. The summed E-state index contributed by atoms with van der Waals surface area (Å²) in [5.74, 6) is 0.223. The molecule has 1 atom stereocenters. The summed E-state index contributed by atoms with van der Waals surface area (Å²) in [5.41, 5.74) is 1.41. The smallest absolute Gasteiger partial charge is 0.238 e. The molecule has 0 fully saturated rings. The molecule has 1 rings (SSSR count). The van der Waals surface area contributed by atoms with Crippen LogP contribution >= 0.6 is 24.0 Å². The van der Waals surface area contributed by atoms with E-state index in [1.165, 1.54) is 0 Å². The molecular weight excluding hydrogens is 335 g/mol. The molecule has 8 heteroatoms. The van der Waals surface area contributed by atoms with Crippen molar-refractivity contribution in [3.8, 4) is 0 Å². The molecule has 1 aromatic rings. The largest absolute Gasteiger partial charge is 0.383 e. The van der Waals surface area contributed by atoms with E-state index in [4.69, 9.17) is 16.3 Å². The van der Waals surface area contributed by atoms with Gasteiger partial charge in [0.05, 0.1) is 13.2 Å². The number of rotatable bonds is 8. The summed E-state index contributed by atoms with van der Waals surface area (Å²) in [5, 5.41) is 6.26. The summed E-state index contributed by atoms with van der Waals surface area (Å²) >= 11 is 6.02. The average Bonchev–Trinajstić information content (AvgIpc) is 2.38. The number of nitrogens with one attached hydrogen (secondary N) is 2. The van der Waals surface area contributed by atoms with E-state index in [0.29, 0.717) is 29.6 Å². The van der Waals surface area contributed by atoms with Crippen LogP contribution in [0.15, 0.2) is 18.2 Å². The highest BCUT2D eigenvalue weighted by atomic mass is 35.5. The Bertz CT molecular complexity index is 486. The van der Waals surface area contributed by atoms with Gasteiger partial charge in [0.2, 0.25) is 5.91 Å². The molecule has 0 aromatic heterocycles. The SMILES string of the molecule is COCCNCC(=O)Nc1ccc(Cl)c(CS(C)=O)c1.Cl. The first-order chi connectivity index (χ1) is 9.52. The van der Waals surface area contributed by atoms with Crippen LogP contribution in [0.5, 0.6) is 0 Å². The monoisotopic (exact) mass is 354 g/mol. The number of carbonyl (C=O) groups excluding carboxylic acids is 1. The predicted octanol–water partition coefficient (Wildman–Crippen LogP) is 1.81. The van der Waals surface area contributed by atoms with Gasteiger partial charge in [-0.2, -0.15) is 0 Å². The highest BCUT2D eigenvalue weighted by Crippen LogP contribution is 2.21. The first kappa shape index (κ1) is 20.3. The van der Waals surface area contributed by atoms with E-state index in [2.05, 4.69) is 10.6 Å². The van der Waals surface area contributed by atoms with Crippen LogP contribution in [0.25, 0.3) is 0 Å². The van der Waals surface area contributed by atoms with Gasteiger partial charge < -0.3 is 15.4 Å². The number of anilines is 1. The first-order valence-electron chi connectivity index (χ1n) is 6.11. The maximum absolute atomic E-state index is 11.7. The van der Waals surface area contributed by atoms with Gasteiger partial charge in [0, 0.05) is 47.2 Å². The van der Waals surface area contributed by atoms with Crippen molar-refractivity contribution in [2.24, 2.45) is 0 Å². The summed E-state index contributed by atoms with van der Waals surface area (Å²) in [6.45, 7) is 1.38. The van der Waals surface area contributed by atoms with Gasteiger partial charge in [0.1, 0.15) is 0 Å². The van der Waals surface area contributed by atoms with Gasteiger partial charge in [-0.3, -0.25) is 9.00 Å². The lowest BCUT2D eigenvalue weighted by Crippen LogP contribution is -2.30. The second kappa shape index (κ2) is 11.0. The third-order valence-electron chi connectivity index (χ3n) is 2.46. The van der Waals surface area contributed by atoms with Crippen LogP contribution in [0.2, 0.25) is 5.02 Å². The molecule has 0 aliphatic rings.